The van der Waals surface area contributed by atoms with Crippen LogP contribution < -0.4 is 5.32 Å². The molecule has 1 N–H and O–H groups in total. The first-order chi connectivity index (χ1) is 16.9. The molecule has 1 fully saturated rings. The molecule has 0 aliphatic carbocycles. The average Bonchev–Trinajstić information content (AvgIpc) is 3.29. The zero-order valence-electron chi connectivity index (χ0n) is 19.3. The van der Waals surface area contributed by atoms with Crippen LogP contribution >= 0.6 is 0 Å². The number of halogens is 2. The van der Waals surface area contributed by atoms with Crippen LogP contribution in [0.4, 0.5) is 14.5 Å². The normalized spacial score (nSPS) is 18.3. The fourth-order valence-corrected chi connectivity index (χ4v) is 4.59. The summed E-state index contributed by atoms with van der Waals surface area (Å²) in [5, 5.41) is 2.78. The smallest absolute Gasteiger partial charge is 0.274 e. The zero-order valence-corrected chi connectivity index (χ0v) is 19.3. The van der Waals surface area contributed by atoms with E-state index in [2.05, 4.69) is 10.3 Å². The lowest BCUT2D eigenvalue weighted by Gasteiger charge is -2.31. The molecule has 35 heavy (non-hydrogen) atoms. The number of benzene rings is 2. The molecule has 1 saturated heterocycles. The Morgan fingerprint density at radius 1 is 1.09 bits per heavy atom. The summed E-state index contributed by atoms with van der Waals surface area (Å²) in [4.78, 5) is 31.9. The number of rotatable bonds is 4. The number of aromatic nitrogens is 2. The highest BCUT2D eigenvalue weighted by molar-refractivity contribution is 5.95. The minimum absolute atomic E-state index is 0.167. The van der Waals surface area contributed by atoms with Gasteiger partial charge in [-0.05, 0) is 55.2 Å². The van der Waals surface area contributed by atoms with Gasteiger partial charge in [-0.25, -0.2) is 13.8 Å². The Hall–Kier alpha value is -3.59. The van der Waals surface area contributed by atoms with E-state index in [1.54, 1.807) is 42.4 Å². The molecular weight excluding hydrogens is 454 g/mol. The van der Waals surface area contributed by atoms with Gasteiger partial charge < -0.3 is 19.5 Å². The molecule has 2 aliphatic rings. The van der Waals surface area contributed by atoms with Crippen molar-refractivity contribution in [1.29, 1.82) is 0 Å². The maximum atomic E-state index is 13.8. The van der Waals surface area contributed by atoms with E-state index in [-0.39, 0.29) is 42.1 Å². The predicted molar refractivity (Wildman–Crippen MR) is 125 cm³/mol. The maximum absolute atomic E-state index is 13.8. The molecule has 0 spiro atoms. The van der Waals surface area contributed by atoms with Crippen LogP contribution in [0.3, 0.4) is 0 Å². The number of likely N-dealkylation sites (tertiary alicyclic amines) is 1. The fourth-order valence-electron chi connectivity index (χ4n) is 4.59. The molecule has 2 aliphatic heterocycles. The van der Waals surface area contributed by atoms with Crippen molar-refractivity contribution in [2.75, 3.05) is 18.4 Å². The predicted octanol–water partition coefficient (Wildman–Crippen LogP) is 4.23. The van der Waals surface area contributed by atoms with Gasteiger partial charge in [0.25, 0.3) is 5.91 Å². The van der Waals surface area contributed by atoms with Gasteiger partial charge in [-0.2, -0.15) is 0 Å². The van der Waals surface area contributed by atoms with E-state index in [0.29, 0.717) is 49.4 Å². The van der Waals surface area contributed by atoms with Gasteiger partial charge in [-0.3, -0.25) is 9.59 Å². The first-order valence-corrected chi connectivity index (χ1v) is 11.7. The van der Waals surface area contributed by atoms with E-state index in [1.807, 2.05) is 4.57 Å². The van der Waals surface area contributed by atoms with E-state index in [9.17, 15) is 18.4 Å². The summed E-state index contributed by atoms with van der Waals surface area (Å²) in [7, 11) is 0. The van der Waals surface area contributed by atoms with Crippen LogP contribution in [0.15, 0.2) is 48.8 Å². The SMILES string of the molecule is Cc1ccc(NC(=O)C2CCN(C(=O)c3ncn4c3CO[C@@H](c3ccc(F)cc3)C4)CC2)cc1F. The topological polar surface area (TPSA) is 76.5 Å². The minimum atomic E-state index is -0.361. The molecule has 5 rings (SSSR count). The highest BCUT2D eigenvalue weighted by atomic mass is 19.1. The Labute approximate surface area is 201 Å². The molecule has 3 aromatic rings. The Kier molecular flexibility index (Phi) is 6.34. The number of hydrogen-bond donors (Lipinski definition) is 1. The van der Waals surface area contributed by atoms with Crippen LogP contribution in [0.25, 0.3) is 0 Å². The van der Waals surface area contributed by atoms with E-state index in [4.69, 9.17) is 4.74 Å². The zero-order chi connectivity index (χ0) is 24.5. The number of fused-ring (bicyclic) bond motifs is 1. The van der Waals surface area contributed by atoms with Gasteiger partial charge in [-0.1, -0.05) is 18.2 Å². The highest BCUT2D eigenvalue weighted by Crippen LogP contribution is 2.29. The number of amides is 2. The van der Waals surface area contributed by atoms with Crippen LogP contribution in [0.1, 0.15) is 46.3 Å². The lowest BCUT2D eigenvalue weighted by atomic mass is 9.95. The standard InChI is InChI=1S/C26H26F2N4O3/c1-16-2-7-20(12-21(16)28)30-25(33)18-8-10-31(11-9-18)26(34)24-22-14-35-23(13-32(22)15-29-24)17-3-5-19(27)6-4-17/h2-7,12,15,18,23H,8-11,13-14H2,1H3,(H,30,33)/t23-/m1/s1. The summed E-state index contributed by atoms with van der Waals surface area (Å²) in [5.74, 6) is -1.26. The second-order valence-corrected chi connectivity index (χ2v) is 9.06. The Balaban J connectivity index is 1.18. The third kappa shape index (κ3) is 4.81. The van der Waals surface area contributed by atoms with Crippen LogP contribution in [0.5, 0.6) is 0 Å². The molecule has 0 unspecified atom stereocenters. The molecule has 2 aromatic carbocycles. The molecule has 1 aromatic heterocycles. The molecule has 182 valence electrons. The van der Waals surface area contributed by atoms with Crippen molar-refractivity contribution in [2.45, 2.75) is 39.0 Å². The van der Waals surface area contributed by atoms with Crippen molar-refractivity contribution >= 4 is 17.5 Å². The maximum Gasteiger partial charge on any atom is 0.274 e. The monoisotopic (exact) mass is 480 g/mol. The van der Waals surface area contributed by atoms with Crippen molar-refractivity contribution in [3.63, 3.8) is 0 Å². The van der Waals surface area contributed by atoms with Gasteiger partial charge in [0, 0.05) is 24.7 Å². The summed E-state index contributed by atoms with van der Waals surface area (Å²) < 4.78 is 34.8. The van der Waals surface area contributed by atoms with E-state index in [0.717, 1.165) is 11.3 Å². The van der Waals surface area contributed by atoms with Crippen molar-refractivity contribution < 1.29 is 23.1 Å². The van der Waals surface area contributed by atoms with Crippen LogP contribution in [0.2, 0.25) is 0 Å². The molecule has 3 heterocycles. The van der Waals surface area contributed by atoms with Crippen molar-refractivity contribution in [1.82, 2.24) is 14.5 Å². The van der Waals surface area contributed by atoms with E-state index >= 15 is 0 Å². The van der Waals surface area contributed by atoms with Gasteiger partial charge in [0.15, 0.2) is 5.69 Å². The molecule has 0 radical (unpaired) electrons. The minimum Gasteiger partial charge on any atom is -0.365 e. The number of carbonyl (C=O) groups excluding carboxylic acids is 2. The van der Waals surface area contributed by atoms with E-state index in [1.165, 1.54) is 18.2 Å². The van der Waals surface area contributed by atoms with Gasteiger partial charge in [-0.15, -0.1) is 0 Å². The van der Waals surface area contributed by atoms with Crippen molar-refractivity contribution in [3.05, 3.63) is 82.9 Å². The highest BCUT2D eigenvalue weighted by Gasteiger charge is 2.32. The number of imidazole rings is 1. The third-order valence-electron chi connectivity index (χ3n) is 6.77. The number of piperidine rings is 1. The number of hydrogen-bond acceptors (Lipinski definition) is 4. The van der Waals surface area contributed by atoms with E-state index < -0.39 is 0 Å². The van der Waals surface area contributed by atoms with Gasteiger partial charge in [0.2, 0.25) is 5.91 Å². The molecule has 2 amide bonds. The lowest BCUT2D eigenvalue weighted by Crippen LogP contribution is -2.42. The number of nitrogens with one attached hydrogen (secondary N) is 1. The van der Waals surface area contributed by atoms with Crippen LogP contribution in [-0.4, -0.2) is 39.4 Å². The van der Waals surface area contributed by atoms with Gasteiger partial charge in [0.1, 0.15) is 17.7 Å². The Morgan fingerprint density at radius 2 is 1.83 bits per heavy atom. The fraction of sp³-hybridized carbons (Fsp3) is 0.346. The van der Waals surface area contributed by atoms with Crippen LogP contribution in [-0.2, 0) is 22.7 Å². The number of anilines is 1. The first kappa shape index (κ1) is 23.2. The molecule has 1 atom stereocenters. The lowest BCUT2D eigenvalue weighted by molar-refractivity contribution is -0.121. The average molecular weight is 481 g/mol. The summed E-state index contributed by atoms with van der Waals surface area (Å²) in [5.41, 5.74) is 2.90. The molecule has 7 nitrogen and oxygen atoms in total. The Morgan fingerprint density at radius 3 is 2.54 bits per heavy atom. The molecular formula is C26H26F2N4O3. The quantitative estimate of drug-likeness (QED) is 0.606. The van der Waals surface area contributed by atoms with Gasteiger partial charge in [0.05, 0.1) is 25.2 Å². The number of ether oxygens (including phenoxy) is 1. The van der Waals surface area contributed by atoms with Crippen molar-refractivity contribution in [2.24, 2.45) is 5.92 Å². The summed E-state index contributed by atoms with van der Waals surface area (Å²) in [6.07, 6.45) is 2.44. The molecule has 0 saturated carbocycles. The summed E-state index contributed by atoms with van der Waals surface area (Å²) in [6.45, 7) is 3.26. The van der Waals surface area contributed by atoms with Crippen LogP contribution in [0, 0.1) is 24.5 Å². The summed E-state index contributed by atoms with van der Waals surface area (Å²) >= 11 is 0. The number of carbonyl (C=O) groups is 2. The summed E-state index contributed by atoms with van der Waals surface area (Å²) in [6, 6.07) is 10.8. The largest absolute Gasteiger partial charge is 0.365 e. The first-order valence-electron chi connectivity index (χ1n) is 11.7. The van der Waals surface area contributed by atoms with Crippen molar-refractivity contribution in [3.8, 4) is 0 Å². The second kappa shape index (κ2) is 9.58. The molecule has 0 bridgehead atoms. The Bertz CT molecular complexity index is 1250. The number of nitrogens with zero attached hydrogens (tertiary/aromatic N) is 3. The van der Waals surface area contributed by atoms with Gasteiger partial charge >= 0.3 is 0 Å². The second-order valence-electron chi connectivity index (χ2n) is 9.06. The third-order valence-corrected chi connectivity index (χ3v) is 6.77. The number of aryl methyl sites for hydroxylation is 1. The molecule has 9 heteroatoms.